The van der Waals surface area contributed by atoms with E-state index in [1.165, 1.54) is 30.7 Å². The highest BCUT2D eigenvalue weighted by Gasteiger charge is 2.29. The van der Waals surface area contributed by atoms with Crippen molar-refractivity contribution in [1.29, 1.82) is 0 Å². The number of nitrogens with zero attached hydrogens (tertiary/aromatic N) is 2. The lowest BCUT2D eigenvalue weighted by Crippen LogP contribution is -2.29. The second-order valence-electron chi connectivity index (χ2n) is 7.74. The molecule has 172 valence electrons. The van der Waals surface area contributed by atoms with Crippen molar-refractivity contribution in [2.45, 2.75) is 29.4 Å². The van der Waals surface area contributed by atoms with Gasteiger partial charge >= 0.3 is 0 Å². The van der Waals surface area contributed by atoms with Gasteiger partial charge in [0.2, 0.25) is 5.89 Å². The maximum atomic E-state index is 12.9. The van der Waals surface area contributed by atoms with Crippen molar-refractivity contribution in [1.82, 2.24) is 4.98 Å². The molecule has 1 aliphatic rings. The molecule has 1 N–H and O–H groups in total. The lowest BCUT2D eigenvalue weighted by molar-refractivity contribution is -0.113. The number of carbonyl (C=O) groups is 1. The van der Waals surface area contributed by atoms with E-state index >= 15 is 0 Å². The highest BCUT2D eigenvalue weighted by atomic mass is 32.2. The largest absolute Gasteiger partial charge is 0.448 e. The number of fused-ring (bicyclic) bond motifs is 1. The summed E-state index contributed by atoms with van der Waals surface area (Å²) in [5.74, 6) is -0.873. The molecule has 0 amide bonds. The van der Waals surface area contributed by atoms with Crippen LogP contribution in [0.4, 0.5) is 5.69 Å². The van der Waals surface area contributed by atoms with E-state index in [2.05, 4.69) is 14.7 Å². The number of oxazole rings is 1. The third-order valence-electron chi connectivity index (χ3n) is 5.09. The standard InChI is InChI=1S/C22H21N3O6S2/c1-32(27,28)14-15-7-9-18-20(13-15)33(29,30)25-21(24-18)19(26)10-8-17(22-23-11-12-31-22)16-5-3-2-4-6-16/h2-7,9,11-13,17H,8,10,14H2,1H3,(H,24,25). The Labute approximate surface area is 191 Å². The predicted octanol–water partition coefficient (Wildman–Crippen LogP) is 2.91. The molecular weight excluding hydrogens is 466 g/mol. The van der Waals surface area contributed by atoms with Crippen LogP contribution in [0.3, 0.4) is 0 Å². The Morgan fingerprint density at radius 2 is 1.91 bits per heavy atom. The molecule has 1 aromatic heterocycles. The van der Waals surface area contributed by atoms with Gasteiger partial charge in [-0.1, -0.05) is 36.4 Å². The molecular formula is C22H21N3O6S2. The first-order valence-corrected chi connectivity index (χ1v) is 13.5. The zero-order valence-corrected chi connectivity index (χ0v) is 19.3. The minimum Gasteiger partial charge on any atom is -0.448 e. The molecule has 1 unspecified atom stereocenters. The SMILES string of the molecule is CS(=O)(=O)Cc1ccc2c(c1)S(=O)(=O)N=C(C(=O)CCC(c1ccccc1)c1ncco1)N2. The monoisotopic (exact) mass is 487 g/mol. The summed E-state index contributed by atoms with van der Waals surface area (Å²) >= 11 is 0. The van der Waals surface area contributed by atoms with Gasteiger partial charge in [-0.25, -0.2) is 13.4 Å². The Bertz CT molecular complexity index is 1410. The minimum absolute atomic E-state index is 0.00475. The number of Topliss-reactive ketones (excluding diaryl/α,β-unsaturated/α-hetero) is 1. The molecule has 0 saturated carbocycles. The predicted molar refractivity (Wildman–Crippen MR) is 122 cm³/mol. The van der Waals surface area contributed by atoms with Crippen LogP contribution in [-0.2, 0) is 30.4 Å². The number of rotatable bonds is 8. The second kappa shape index (κ2) is 8.91. The zero-order valence-electron chi connectivity index (χ0n) is 17.6. The number of sulfonamides is 1. The van der Waals surface area contributed by atoms with Gasteiger partial charge in [0.25, 0.3) is 10.0 Å². The number of aromatic nitrogens is 1. The van der Waals surface area contributed by atoms with Gasteiger partial charge in [0, 0.05) is 12.7 Å². The average molecular weight is 488 g/mol. The van der Waals surface area contributed by atoms with E-state index in [1.807, 2.05) is 30.3 Å². The van der Waals surface area contributed by atoms with Crippen LogP contribution >= 0.6 is 0 Å². The molecule has 33 heavy (non-hydrogen) atoms. The van der Waals surface area contributed by atoms with Gasteiger partial charge in [-0.3, -0.25) is 4.79 Å². The van der Waals surface area contributed by atoms with Gasteiger partial charge in [0.05, 0.1) is 23.6 Å². The maximum absolute atomic E-state index is 12.9. The summed E-state index contributed by atoms with van der Waals surface area (Å²) in [5.41, 5.74) is 1.42. The first-order chi connectivity index (χ1) is 15.6. The number of ketones is 1. The molecule has 0 bridgehead atoms. The molecule has 0 aliphatic carbocycles. The summed E-state index contributed by atoms with van der Waals surface area (Å²) in [5, 5.41) is 2.77. The number of anilines is 1. The highest BCUT2D eigenvalue weighted by molar-refractivity contribution is 7.90. The molecule has 4 rings (SSSR count). The molecule has 9 nitrogen and oxygen atoms in total. The molecule has 0 saturated heterocycles. The van der Waals surface area contributed by atoms with Crippen LogP contribution in [0.5, 0.6) is 0 Å². The van der Waals surface area contributed by atoms with Gasteiger partial charge in [0.15, 0.2) is 21.5 Å². The van der Waals surface area contributed by atoms with Gasteiger partial charge in [-0.05, 0) is 29.7 Å². The maximum Gasteiger partial charge on any atom is 0.286 e. The minimum atomic E-state index is -4.17. The Kier molecular flexibility index (Phi) is 6.17. The van der Waals surface area contributed by atoms with E-state index in [-0.39, 0.29) is 34.5 Å². The van der Waals surface area contributed by atoms with E-state index in [0.717, 1.165) is 11.8 Å². The van der Waals surface area contributed by atoms with Gasteiger partial charge < -0.3 is 9.73 Å². The molecule has 3 aromatic rings. The molecule has 1 aliphatic heterocycles. The van der Waals surface area contributed by atoms with Gasteiger partial charge in [-0.2, -0.15) is 8.42 Å². The topological polar surface area (TPSA) is 136 Å². The van der Waals surface area contributed by atoms with Crippen molar-refractivity contribution in [3.05, 3.63) is 78.0 Å². The Morgan fingerprint density at radius 1 is 1.15 bits per heavy atom. The van der Waals surface area contributed by atoms with Crippen LogP contribution in [0.15, 0.2) is 74.7 Å². The quantitative estimate of drug-likeness (QED) is 0.512. The lowest BCUT2D eigenvalue weighted by Gasteiger charge is -2.19. The van der Waals surface area contributed by atoms with Crippen molar-refractivity contribution >= 4 is 37.2 Å². The molecule has 0 radical (unpaired) electrons. The Morgan fingerprint density at radius 3 is 2.58 bits per heavy atom. The number of benzene rings is 2. The fourth-order valence-corrected chi connectivity index (χ4v) is 5.60. The molecule has 11 heteroatoms. The molecule has 1 atom stereocenters. The van der Waals surface area contributed by atoms with Gasteiger partial charge in [0.1, 0.15) is 11.2 Å². The van der Waals surface area contributed by atoms with Crippen LogP contribution in [0.25, 0.3) is 0 Å². The highest BCUT2D eigenvalue weighted by Crippen LogP contribution is 2.31. The van der Waals surface area contributed by atoms with Crippen molar-refractivity contribution in [3.63, 3.8) is 0 Å². The summed E-state index contributed by atoms with van der Waals surface area (Å²) in [6.45, 7) is 0. The number of hydrogen-bond donors (Lipinski definition) is 1. The third-order valence-corrected chi connectivity index (χ3v) is 7.27. The van der Waals surface area contributed by atoms with E-state index in [9.17, 15) is 21.6 Å². The summed E-state index contributed by atoms with van der Waals surface area (Å²) in [4.78, 5) is 16.9. The molecule has 0 fully saturated rings. The van der Waals surface area contributed by atoms with E-state index in [0.29, 0.717) is 17.9 Å². The van der Waals surface area contributed by atoms with Gasteiger partial charge in [-0.15, -0.1) is 4.40 Å². The van der Waals surface area contributed by atoms with E-state index < -0.39 is 25.6 Å². The summed E-state index contributed by atoms with van der Waals surface area (Å²) in [7, 11) is -7.51. The number of sulfone groups is 1. The fourth-order valence-electron chi connectivity index (χ4n) is 3.63. The summed E-state index contributed by atoms with van der Waals surface area (Å²) in [6, 6.07) is 13.7. The number of nitrogens with one attached hydrogen (secondary N) is 1. The van der Waals surface area contributed by atoms with Crippen molar-refractivity contribution in [2.75, 3.05) is 11.6 Å². The van der Waals surface area contributed by atoms with Crippen LogP contribution in [-0.4, -0.2) is 39.7 Å². The molecule has 0 spiro atoms. The Balaban J connectivity index is 1.54. The first-order valence-electron chi connectivity index (χ1n) is 10.0. The smallest absolute Gasteiger partial charge is 0.286 e. The first kappa shape index (κ1) is 22.9. The van der Waals surface area contributed by atoms with Crippen LogP contribution in [0.1, 0.15) is 35.8 Å². The summed E-state index contributed by atoms with van der Waals surface area (Å²) < 4.78 is 57.6. The van der Waals surface area contributed by atoms with Crippen molar-refractivity contribution in [2.24, 2.45) is 4.40 Å². The third kappa shape index (κ3) is 5.37. The summed E-state index contributed by atoms with van der Waals surface area (Å²) in [6.07, 6.45) is 4.40. The lowest BCUT2D eigenvalue weighted by atomic mass is 9.93. The van der Waals surface area contributed by atoms with Crippen molar-refractivity contribution in [3.8, 4) is 0 Å². The van der Waals surface area contributed by atoms with Crippen LogP contribution in [0.2, 0.25) is 0 Å². The van der Waals surface area contributed by atoms with Crippen LogP contribution < -0.4 is 5.32 Å². The molecule has 2 aromatic carbocycles. The normalized spacial score (nSPS) is 15.7. The number of carbonyl (C=O) groups excluding carboxylic acids is 1. The average Bonchev–Trinajstić information content (AvgIpc) is 3.28. The number of amidine groups is 1. The Hall–Kier alpha value is -3.31. The zero-order chi connectivity index (χ0) is 23.6. The fraction of sp³-hybridized carbons (Fsp3) is 0.227. The van der Waals surface area contributed by atoms with Crippen LogP contribution in [0, 0.1) is 0 Å². The van der Waals surface area contributed by atoms with E-state index in [4.69, 9.17) is 4.42 Å². The van der Waals surface area contributed by atoms with Crippen molar-refractivity contribution < 1.29 is 26.0 Å². The second-order valence-corrected chi connectivity index (χ2v) is 11.4. The number of hydrogen-bond acceptors (Lipinski definition) is 8. The molecule has 2 heterocycles. The van der Waals surface area contributed by atoms with E-state index in [1.54, 1.807) is 0 Å².